The quantitative estimate of drug-likeness (QED) is 0.566. The van der Waals surface area contributed by atoms with Gasteiger partial charge in [-0.15, -0.1) is 0 Å². The number of carbonyl (C=O) groups is 1. The number of hydrogen-bond acceptors (Lipinski definition) is 1. The van der Waals surface area contributed by atoms with Crippen LogP contribution in [0.2, 0.25) is 0 Å². The molecule has 2 heteroatoms. The van der Waals surface area contributed by atoms with Crippen molar-refractivity contribution < 1.29 is 9.90 Å². The van der Waals surface area contributed by atoms with Gasteiger partial charge in [0.15, 0.2) is 0 Å². The van der Waals surface area contributed by atoms with Crippen molar-refractivity contribution in [1.82, 2.24) is 0 Å². The van der Waals surface area contributed by atoms with Crippen LogP contribution < -0.4 is 0 Å². The van der Waals surface area contributed by atoms with Gasteiger partial charge >= 0.3 is 5.97 Å². The van der Waals surface area contributed by atoms with Gasteiger partial charge in [-0.05, 0) is 19.3 Å². The van der Waals surface area contributed by atoms with Crippen molar-refractivity contribution in [2.24, 2.45) is 5.41 Å². The first-order valence-corrected chi connectivity index (χ1v) is 3.43. The average molecular weight is 127 g/mol. The van der Waals surface area contributed by atoms with Crippen molar-refractivity contribution in [1.29, 1.82) is 0 Å². The molecule has 0 heterocycles. The van der Waals surface area contributed by atoms with E-state index in [-0.39, 0.29) is 0 Å². The molecule has 0 aromatic rings. The van der Waals surface area contributed by atoms with Crippen molar-refractivity contribution in [3.05, 3.63) is 0 Å². The number of carbonyl (C=O) groups excluding carboxylic acids is 1. The molecule has 1 saturated carbocycles. The molecule has 0 amide bonds. The number of rotatable bonds is 3. The maximum Gasteiger partial charge on any atom is 0.361 e. The lowest BCUT2D eigenvalue weighted by Gasteiger charge is -2.02. The zero-order valence-corrected chi connectivity index (χ0v) is 5.64. The monoisotopic (exact) mass is 127 g/mol. The van der Waals surface area contributed by atoms with Crippen molar-refractivity contribution in [2.75, 3.05) is 0 Å². The molecule has 0 atom stereocenters. The summed E-state index contributed by atoms with van der Waals surface area (Å²) in [6.45, 7) is 2.00. The Labute approximate surface area is 54.9 Å². The van der Waals surface area contributed by atoms with E-state index in [0.717, 1.165) is 25.7 Å². The predicted octanol–water partition coefficient (Wildman–Crippen LogP) is 1.52. The van der Waals surface area contributed by atoms with Gasteiger partial charge in [0.25, 0.3) is 0 Å². The van der Waals surface area contributed by atoms with Crippen molar-refractivity contribution in [3.63, 3.8) is 0 Å². The van der Waals surface area contributed by atoms with E-state index in [1.807, 2.05) is 6.92 Å². The van der Waals surface area contributed by atoms with Gasteiger partial charge in [0.2, 0.25) is 0 Å². The molecule has 0 aromatic carbocycles. The summed E-state index contributed by atoms with van der Waals surface area (Å²) in [5.74, 6) is -0.843. The van der Waals surface area contributed by atoms with Crippen LogP contribution in [0.15, 0.2) is 0 Å². The van der Waals surface area contributed by atoms with E-state index in [4.69, 9.17) is 0 Å². The topological polar surface area (TPSA) is 37.0 Å². The fraction of sp³-hybridized carbons (Fsp3) is 0.857. The highest BCUT2D eigenvalue weighted by molar-refractivity contribution is 5.77. The van der Waals surface area contributed by atoms with Gasteiger partial charge in [0, 0.05) is 0 Å². The summed E-state index contributed by atoms with van der Waals surface area (Å²) in [5, 5.41) is 10.4. The summed E-state index contributed by atoms with van der Waals surface area (Å²) >= 11 is 0. The molecule has 0 saturated heterocycles. The fourth-order valence-electron chi connectivity index (χ4n) is 1.19. The summed E-state index contributed by atoms with van der Waals surface area (Å²) in [5.41, 5.74) is -0.394. The highest BCUT2D eigenvalue weighted by Crippen LogP contribution is 2.49. The molecule has 1 fully saturated rings. The van der Waals surface area contributed by atoms with Gasteiger partial charge in [0.05, 0.1) is 5.41 Å². The minimum absolute atomic E-state index is 0.394. The van der Waals surface area contributed by atoms with Gasteiger partial charge in [-0.3, -0.25) is 0 Å². The average Bonchev–Trinajstić information content (AvgIpc) is 2.49. The third-order valence-corrected chi connectivity index (χ3v) is 2.02. The highest BCUT2D eigenvalue weighted by Gasteiger charge is 2.50. The molecular formula is C7H11O2. The Hall–Kier alpha value is -0.530. The van der Waals surface area contributed by atoms with Crippen LogP contribution in [0.25, 0.3) is 0 Å². The molecule has 2 nitrogen and oxygen atoms in total. The van der Waals surface area contributed by atoms with Crippen LogP contribution in [0.5, 0.6) is 0 Å². The Morgan fingerprint density at radius 2 is 2.11 bits per heavy atom. The lowest BCUT2D eigenvalue weighted by Crippen LogP contribution is -2.12. The second-order valence-corrected chi connectivity index (χ2v) is 2.82. The second-order valence-electron chi connectivity index (χ2n) is 2.82. The van der Waals surface area contributed by atoms with Gasteiger partial charge in [-0.1, -0.05) is 13.3 Å². The lowest BCUT2D eigenvalue weighted by molar-refractivity contribution is -0.150. The van der Waals surface area contributed by atoms with E-state index in [1.165, 1.54) is 0 Å². The Morgan fingerprint density at radius 1 is 1.56 bits per heavy atom. The van der Waals surface area contributed by atoms with E-state index in [9.17, 15) is 9.90 Å². The minimum atomic E-state index is -0.843. The van der Waals surface area contributed by atoms with Gasteiger partial charge in [-0.25, -0.2) is 9.90 Å². The Morgan fingerprint density at radius 3 is 2.22 bits per heavy atom. The zero-order valence-electron chi connectivity index (χ0n) is 5.64. The SMILES string of the molecule is CCCC1(C([O])=O)CC1. The first kappa shape index (κ1) is 6.59. The third kappa shape index (κ3) is 1.07. The maximum absolute atomic E-state index is 10.4. The minimum Gasteiger partial charge on any atom is -0.247 e. The van der Waals surface area contributed by atoms with E-state index in [1.54, 1.807) is 0 Å². The predicted molar refractivity (Wildman–Crippen MR) is 32.3 cm³/mol. The summed E-state index contributed by atoms with van der Waals surface area (Å²) < 4.78 is 0. The van der Waals surface area contributed by atoms with Crippen LogP contribution in [-0.2, 0) is 9.90 Å². The molecule has 1 aliphatic rings. The summed E-state index contributed by atoms with van der Waals surface area (Å²) in [7, 11) is 0. The van der Waals surface area contributed by atoms with Gasteiger partial charge in [0.1, 0.15) is 0 Å². The fourth-order valence-corrected chi connectivity index (χ4v) is 1.19. The van der Waals surface area contributed by atoms with Gasteiger partial charge in [-0.2, -0.15) is 0 Å². The van der Waals surface area contributed by atoms with E-state index < -0.39 is 11.4 Å². The normalized spacial score (nSPS) is 21.4. The molecule has 9 heavy (non-hydrogen) atoms. The van der Waals surface area contributed by atoms with Crippen molar-refractivity contribution in [3.8, 4) is 0 Å². The van der Waals surface area contributed by atoms with Crippen LogP contribution >= 0.6 is 0 Å². The van der Waals surface area contributed by atoms with E-state index in [2.05, 4.69) is 0 Å². The molecule has 51 valence electrons. The summed E-state index contributed by atoms with van der Waals surface area (Å²) in [4.78, 5) is 10.4. The highest BCUT2D eigenvalue weighted by atomic mass is 16.4. The maximum atomic E-state index is 10.4. The molecule has 1 aliphatic carbocycles. The Bertz CT molecular complexity index is 125. The van der Waals surface area contributed by atoms with Crippen molar-refractivity contribution in [2.45, 2.75) is 32.6 Å². The molecular weight excluding hydrogens is 116 g/mol. The van der Waals surface area contributed by atoms with Crippen LogP contribution in [0.4, 0.5) is 0 Å². The molecule has 1 radical (unpaired) electrons. The lowest BCUT2D eigenvalue weighted by atomic mass is 10.0. The standard InChI is InChI=1S/C7H11O2/c1-2-3-7(4-5-7)6(8)9/h2-5H2,1H3. The molecule has 0 aromatic heterocycles. The first-order valence-electron chi connectivity index (χ1n) is 3.43. The third-order valence-electron chi connectivity index (χ3n) is 2.02. The van der Waals surface area contributed by atoms with Gasteiger partial charge < -0.3 is 0 Å². The Balaban J connectivity index is 2.43. The smallest absolute Gasteiger partial charge is 0.247 e. The van der Waals surface area contributed by atoms with Crippen molar-refractivity contribution >= 4 is 5.97 Å². The van der Waals surface area contributed by atoms with E-state index >= 15 is 0 Å². The van der Waals surface area contributed by atoms with Crippen LogP contribution in [0.3, 0.4) is 0 Å². The number of hydrogen-bond donors (Lipinski definition) is 0. The summed E-state index contributed by atoms with van der Waals surface area (Å²) in [6.07, 6.45) is 3.43. The van der Waals surface area contributed by atoms with Crippen LogP contribution in [0, 0.1) is 5.41 Å². The molecule has 0 unspecified atom stereocenters. The molecule has 1 rings (SSSR count). The molecule has 0 bridgehead atoms. The first-order chi connectivity index (χ1) is 4.21. The molecule has 0 spiro atoms. The Kier molecular flexibility index (Phi) is 1.47. The molecule has 0 aliphatic heterocycles. The van der Waals surface area contributed by atoms with Crippen LogP contribution in [0.1, 0.15) is 32.6 Å². The molecule has 0 N–H and O–H groups in total. The van der Waals surface area contributed by atoms with E-state index in [0.29, 0.717) is 0 Å². The van der Waals surface area contributed by atoms with Crippen LogP contribution in [-0.4, -0.2) is 5.97 Å². The summed E-state index contributed by atoms with van der Waals surface area (Å²) in [6, 6.07) is 0. The second kappa shape index (κ2) is 2.01. The zero-order chi connectivity index (χ0) is 6.91. The largest absolute Gasteiger partial charge is 0.361 e.